The maximum atomic E-state index is 12.2. The van der Waals surface area contributed by atoms with E-state index in [0.717, 1.165) is 23.2 Å². The van der Waals surface area contributed by atoms with Crippen molar-refractivity contribution >= 4 is 15.9 Å². The number of rotatable bonds is 5. The molecule has 2 aromatic rings. The lowest BCUT2D eigenvalue weighted by Gasteiger charge is -2.12. The standard InChI is InChI=1S/C15H18N4O4S/c16-24(21,22)11-3-1-10(2-4-11)5-7-17-15(20)14-12-9-23-8-6-13(12)18-19-14/h1-4H,5-9H2,(H,17,20)(H,18,19)(H2,16,21,22). The van der Waals surface area contributed by atoms with Crippen molar-refractivity contribution in [1.29, 1.82) is 0 Å². The molecule has 0 saturated carbocycles. The highest BCUT2D eigenvalue weighted by molar-refractivity contribution is 7.89. The van der Waals surface area contributed by atoms with Gasteiger partial charge in [0.2, 0.25) is 10.0 Å². The molecule has 3 rings (SSSR count). The molecule has 1 amide bonds. The Kier molecular flexibility index (Phi) is 4.65. The number of amides is 1. The molecule has 1 aliphatic rings. The first-order valence-electron chi connectivity index (χ1n) is 7.49. The van der Waals surface area contributed by atoms with Crippen LogP contribution in [-0.2, 0) is 34.2 Å². The highest BCUT2D eigenvalue weighted by Gasteiger charge is 2.21. The van der Waals surface area contributed by atoms with Gasteiger partial charge in [-0.25, -0.2) is 13.6 Å². The topological polar surface area (TPSA) is 127 Å². The lowest BCUT2D eigenvalue weighted by molar-refractivity contribution is 0.0925. The van der Waals surface area contributed by atoms with Gasteiger partial charge in [0.15, 0.2) is 5.69 Å². The van der Waals surface area contributed by atoms with Crippen molar-refractivity contribution in [3.63, 3.8) is 0 Å². The second-order valence-corrected chi connectivity index (χ2v) is 7.09. The normalized spacial score (nSPS) is 14.2. The number of nitrogens with two attached hydrogens (primary N) is 1. The Morgan fingerprint density at radius 2 is 2.08 bits per heavy atom. The summed E-state index contributed by atoms with van der Waals surface area (Å²) in [7, 11) is -3.69. The molecule has 9 heteroatoms. The van der Waals surface area contributed by atoms with E-state index in [-0.39, 0.29) is 10.8 Å². The molecule has 2 heterocycles. The summed E-state index contributed by atoms with van der Waals surface area (Å²) in [4.78, 5) is 12.3. The molecule has 0 fully saturated rings. The molecule has 0 aliphatic carbocycles. The van der Waals surface area contributed by atoms with Gasteiger partial charge in [-0.1, -0.05) is 12.1 Å². The summed E-state index contributed by atoms with van der Waals surface area (Å²) in [6.45, 7) is 1.43. The number of carbonyl (C=O) groups is 1. The maximum Gasteiger partial charge on any atom is 0.272 e. The fourth-order valence-electron chi connectivity index (χ4n) is 2.55. The number of carbonyl (C=O) groups excluding carboxylic acids is 1. The van der Waals surface area contributed by atoms with Crippen LogP contribution in [0.25, 0.3) is 0 Å². The van der Waals surface area contributed by atoms with Gasteiger partial charge in [-0.05, 0) is 24.1 Å². The third kappa shape index (κ3) is 3.64. The first kappa shape index (κ1) is 16.6. The van der Waals surface area contributed by atoms with Crippen LogP contribution in [0, 0.1) is 0 Å². The number of H-pyrrole nitrogens is 1. The van der Waals surface area contributed by atoms with Crippen molar-refractivity contribution < 1.29 is 17.9 Å². The van der Waals surface area contributed by atoms with Crippen molar-refractivity contribution in [2.75, 3.05) is 13.2 Å². The van der Waals surface area contributed by atoms with E-state index in [1.165, 1.54) is 12.1 Å². The van der Waals surface area contributed by atoms with Crippen LogP contribution in [0.3, 0.4) is 0 Å². The van der Waals surface area contributed by atoms with Gasteiger partial charge >= 0.3 is 0 Å². The largest absolute Gasteiger partial charge is 0.376 e. The Morgan fingerprint density at radius 1 is 1.33 bits per heavy atom. The first-order chi connectivity index (χ1) is 11.4. The molecule has 0 unspecified atom stereocenters. The average Bonchev–Trinajstić information content (AvgIpc) is 2.98. The Morgan fingerprint density at radius 3 is 2.79 bits per heavy atom. The first-order valence-corrected chi connectivity index (χ1v) is 9.03. The predicted molar refractivity (Wildman–Crippen MR) is 85.8 cm³/mol. The Balaban J connectivity index is 1.56. The molecule has 4 N–H and O–H groups in total. The van der Waals surface area contributed by atoms with E-state index in [1.807, 2.05) is 0 Å². The van der Waals surface area contributed by atoms with Crippen LogP contribution in [0.15, 0.2) is 29.2 Å². The molecule has 0 radical (unpaired) electrons. The van der Waals surface area contributed by atoms with Crippen molar-refractivity contribution in [3.8, 4) is 0 Å². The van der Waals surface area contributed by atoms with Gasteiger partial charge in [0.1, 0.15) is 0 Å². The van der Waals surface area contributed by atoms with Gasteiger partial charge < -0.3 is 10.1 Å². The Hall–Kier alpha value is -2.23. The summed E-state index contributed by atoms with van der Waals surface area (Å²) in [5, 5.41) is 14.8. The zero-order valence-corrected chi connectivity index (χ0v) is 13.7. The number of aromatic nitrogens is 2. The number of benzene rings is 1. The van der Waals surface area contributed by atoms with Gasteiger partial charge in [-0.2, -0.15) is 5.10 Å². The zero-order chi connectivity index (χ0) is 17.2. The van der Waals surface area contributed by atoms with Crippen LogP contribution in [0.4, 0.5) is 0 Å². The van der Waals surface area contributed by atoms with Gasteiger partial charge in [0.05, 0.1) is 18.1 Å². The van der Waals surface area contributed by atoms with E-state index >= 15 is 0 Å². The van der Waals surface area contributed by atoms with Gasteiger partial charge in [-0.3, -0.25) is 9.89 Å². The van der Waals surface area contributed by atoms with Gasteiger partial charge in [0, 0.05) is 24.2 Å². The van der Waals surface area contributed by atoms with Crippen LogP contribution < -0.4 is 10.5 Å². The predicted octanol–water partition coefficient (Wildman–Crippen LogP) is 0.102. The van der Waals surface area contributed by atoms with Crippen molar-refractivity contribution in [2.45, 2.75) is 24.3 Å². The molecule has 24 heavy (non-hydrogen) atoms. The number of ether oxygens (including phenoxy) is 1. The number of nitrogens with zero attached hydrogens (tertiary/aromatic N) is 1. The SMILES string of the molecule is NS(=O)(=O)c1ccc(CCNC(=O)c2n[nH]c3c2COCC3)cc1. The summed E-state index contributed by atoms with van der Waals surface area (Å²) >= 11 is 0. The molecule has 128 valence electrons. The number of sulfonamides is 1. The number of hydrogen-bond acceptors (Lipinski definition) is 5. The molecule has 0 spiro atoms. The minimum atomic E-state index is -3.69. The molecule has 1 aromatic carbocycles. The van der Waals surface area contributed by atoms with Crippen LogP contribution in [0.2, 0.25) is 0 Å². The minimum Gasteiger partial charge on any atom is -0.376 e. The van der Waals surface area contributed by atoms with Crippen LogP contribution in [-0.4, -0.2) is 37.7 Å². The van der Waals surface area contributed by atoms with Gasteiger partial charge in [0.25, 0.3) is 5.91 Å². The summed E-state index contributed by atoms with van der Waals surface area (Å²) in [6, 6.07) is 6.26. The van der Waals surface area contributed by atoms with E-state index < -0.39 is 10.0 Å². The lowest BCUT2D eigenvalue weighted by Crippen LogP contribution is -2.27. The number of hydrogen-bond donors (Lipinski definition) is 3. The van der Waals surface area contributed by atoms with Crippen LogP contribution in [0.5, 0.6) is 0 Å². The molecule has 1 aliphatic heterocycles. The zero-order valence-electron chi connectivity index (χ0n) is 12.9. The van der Waals surface area contributed by atoms with Crippen molar-refractivity contribution in [2.24, 2.45) is 5.14 Å². The van der Waals surface area contributed by atoms with Crippen molar-refractivity contribution in [1.82, 2.24) is 15.5 Å². The molecule has 0 bridgehead atoms. The quantitative estimate of drug-likeness (QED) is 0.705. The molecule has 1 aromatic heterocycles. The van der Waals surface area contributed by atoms with E-state index in [0.29, 0.717) is 31.9 Å². The summed E-state index contributed by atoms with van der Waals surface area (Å²) < 4.78 is 27.8. The molecule has 0 saturated heterocycles. The molecule has 0 atom stereocenters. The lowest BCUT2D eigenvalue weighted by atomic mass is 10.1. The Labute approximate surface area is 139 Å². The number of nitrogens with one attached hydrogen (secondary N) is 2. The van der Waals surface area contributed by atoms with E-state index in [2.05, 4.69) is 15.5 Å². The van der Waals surface area contributed by atoms with E-state index in [4.69, 9.17) is 9.88 Å². The second-order valence-electron chi connectivity index (χ2n) is 5.53. The van der Waals surface area contributed by atoms with Gasteiger partial charge in [-0.15, -0.1) is 0 Å². The minimum absolute atomic E-state index is 0.0680. The summed E-state index contributed by atoms with van der Waals surface area (Å²) in [6.07, 6.45) is 1.30. The van der Waals surface area contributed by atoms with Crippen molar-refractivity contribution in [3.05, 3.63) is 46.8 Å². The third-order valence-corrected chi connectivity index (χ3v) is 4.79. The average molecular weight is 350 g/mol. The van der Waals surface area contributed by atoms with Crippen LogP contribution in [0.1, 0.15) is 27.3 Å². The fourth-order valence-corrected chi connectivity index (χ4v) is 3.07. The number of fused-ring (bicyclic) bond motifs is 1. The molecular formula is C15H18N4O4S. The fraction of sp³-hybridized carbons (Fsp3) is 0.333. The van der Waals surface area contributed by atoms with E-state index in [9.17, 15) is 13.2 Å². The smallest absolute Gasteiger partial charge is 0.272 e. The molecular weight excluding hydrogens is 332 g/mol. The summed E-state index contributed by atoms with van der Waals surface area (Å²) in [5.41, 5.74) is 3.03. The monoisotopic (exact) mass is 350 g/mol. The molecule has 8 nitrogen and oxygen atoms in total. The number of primary sulfonamides is 1. The van der Waals surface area contributed by atoms with E-state index in [1.54, 1.807) is 12.1 Å². The second kappa shape index (κ2) is 6.71. The van der Waals surface area contributed by atoms with Crippen LogP contribution >= 0.6 is 0 Å². The number of aromatic amines is 1. The highest BCUT2D eigenvalue weighted by atomic mass is 32.2. The maximum absolute atomic E-state index is 12.2. The summed E-state index contributed by atoms with van der Waals surface area (Å²) in [5.74, 6) is -0.251. The Bertz CT molecular complexity index is 843. The highest BCUT2D eigenvalue weighted by Crippen LogP contribution is 2.17. The third-order valence-electron chi connectivity index (χ3n) is 3.86.